The van der Waals surface area contributed by atoms with Crippen LogP contribution in [-0.4, -0.2) is 33.9 Å². The molecule has 1 aromatic heterocycles. The zero-order valence-corrected chi connectivity index (χ0v) is 13.2. The van der Waals surface area contributed by atoms with Crippen molar-refractivity contribution in [2.45, 2.75) is 18.8 Å². The summed E-state index contributed by atoms with van der Waals surface area (Å²) in [6, 6.07) is 10.1. The summed E-state index contributed by atoms with van der Waals surface area (Å²) in [6.45, 7) is 1.27. The summed E-state index contributed by atoms with van der Waals surface area (Å²) in [5.74, 6) is 0.491. The van der Waals surface area contributed by atoms with Gasteiger partial charge in [0.1, 0.15) is 5.75 Å². The van der Waals surface area contributed by atoms with Crippen LogP contribution in [0.25, 0.3) is 0 Å². The van der Waals surface area contributed by atoms with Crippen LogP contribution in [0.1, 0.15) is 34.0 Å². The maximum absolute atomic E-state index is 12.4. The van der Waals surface area contributed by atoms with Gasteiger partial charge < -0.3 is 10.0 Å². The second kappa shape index (κ2) is 6.37. The van der Waals surface area contributed by atoms with Crippen LogP contribution >= 0.6 is 11.3 Å². The molecule has 1 aliphatic rings. The molecular formula is C16H16N2O4S. The Kier molecular flexibility index (Phi) is 4.29. The highest BCUT2D eigenvalue weighted by Gasteiger charge is 2.26. The standard InChI is InChI=1S/C16H16N2O4S/c19-13-3-1-11(2-4-13)12-7-9-17(10-8-12)16(20)14-5-6-15(23-14)18(21)22/h1-6,12,19H,7-10H2. The van der Waals surface area contributed by atoms with E-state index in [-0.39, 0.29) is 16.7 Å². The van der Waals surface area contributed by atoms with Crippen molar-refractivity contribution >= 4 is 22.2 Å². The van der Waals surface area contributed by atoms with Crippen molar-refractivity contribution < 1.29 is 14.8 Å². The number of hydrogen-bond donors (Lipinski definition) is 1. The topological polar surface area (TPSA) is 83.7 Å². The molecule has 2 heterocycles. The fourth-order valence-electron chi connectivity index (χ4n) is 2.86. The molecule has 3 rings (SSSR count). The number of piperidine rings is 1. The maximum Gasteiger partial charge on any atom is 0.324 e. The summed E-state index contributed by atoms with van der Waals surface area (Å²) in [5, 5.41) is 20.0. The monoisotopic (exact) mass is 332 g/mol. The van der Waals surface area contributed by atoms with E-state index >= 15 is 0 Å². The highest BCUT2D eigenvalue weighted by molar-refractivity contribution is 7.17. The Balaban J connectivity index is 1.62. The molecule has 1 aliphatic heterocycles. The van der Waals surface area contributed by atoms with Crippen LogP contribution in [-0.2, 0) is 0 Å². The van der Waals surface area contributed by atoms with Crippen molar-refractivity contribution in [3.05, 3.63) is 57.0 Å². The first-order chi connectivity index (χ1) is 11.0. The summed E-state index contributed by atoms with van der Waals surface area (Å²) >= 11 is 0.923. The van der Waals surface area contributed by atoms with Crippen LogP contribution in [0, 0.1) is 10.1 Å². The van der Waals surface area contributed by atoms with Gasteiger partial charge in [-0.1, -0.05) is 23.5 Å². The van der Waals surface area contributed by atoms with E-state index in [1.807, 2.05) is 12.1 Å². The van der Waals surface area contributed by atoms with Crippen LogP contribution in [0.5, 0.6) is 5.75 Å². The fourth-order valence-corrected chi connectivity index (χ4v) is 3.65. The van der Waals surface area contributed by atoms with Gasteiger partial charge in [0, 0.05) is 19.2 Å². The van der Waals surface area contributed by atoms with Gasteiger partial charge in [-0.3, -0.25) is 14.9 Å². The first kappa shape index (κ1) is 15.5. The zero-order chi connectivity index (χ0) is 16.4. The van der Waals surface area contributed by atoms with Gasteiger partial charge in [0.2, 0.25) is 0 Å². The molecule has 0 bridgehead atoms. The Morgan fingerprint density at radius 1 is 1.17 bits per heavy atom. The molecule has 7 heteroatoms. The Morgan fingerprint density at radius 3 is 2.39 bits per heavy atom. The van der Waals surface area contributed by atoms with Crippen molar-refractivity contribution in [3.63, 3.8) is 0 Å². The molecular weight excluding hydrogens is 316 g/mol. The third kappa shape index (κ3) is 3.34. The number of nitro groups is 1. The van der Waals surface area contributed by atoms with Gasteiger partial charge >= 0.3 is 5.00 Å². The number of carbonyl (C=O) groups is 1. The van der Waals surface area contributed by atoms with E-state index in [4.69, 9.17) is 0 Å². The van der Waals surface area contributed by atoms with Crippen molar-refractivity contribution in [1.29, 1.82) is 0 Å². The number of nitrogens with zero attached hydrogens (tertiary/aromatic N) is 2. The van der Waals surface area contributed by atoms with Gasteiger partial charge in [0.25, 0.3) is 5.91 Å². The highest BCUT2D eigenvalue weighted by atomic mass is 32.1. The van der Waals surface area contributed by atoms with Crippen LogP contribution in [0.2, 0.25) is 0 Å². The Hall–Kier alpha value is -2.41. The summed E-state index contributed by atoms with van der Waals surface area (Å²) in [7, 11) is 0. The molecule has 23 heavy (non-hydrogen) atoms. The van der Waals surface area contributed by atoms with E-state index in [0.29, 0.717) is 23.9 Å². The summed E-state index contributed by atoms with van der Waals surface area (Å²) in [5.41, 5.74) is 1.17. The Morgan fingerprint density at radius 2 is 1.83 bits per heavy atom. The highest BCUT2D eigenvalue weighted by Crippen LogP contribution is 2.31. The number of rotatable bonds is 3. The molecule has 0 spiro atoms. The number of phenols is 1. The van der Waals surface area contributed by atoms with E-state index in [1.165, 1.54) is 17.7 Å². The lowest BCUT2D eigenvalue weighted by molar-refractivity contribution is -0.380. The van der Waals surface area contributed by atoms with Gasteiger partial charge in [-0.25, -0.2) is 0 Å². The Labute approximate surface area is 137 Å². The van der Waals surface area contributed by atoms with Crippen molar-refractivity contribution in [1.82, 2.24) is 4.90 Å². The summed E-state index contributed by atoms with van der Waals surface area (Å²) in [4.78, 5) is 24.8. The third-order valence-corrected chi connectivity index (χ3v) is 5.15. The number of phenolic OH excluding ortho intramolecular Hbond substituents is 1. The molecule has 1 N–H and O–H groups in total. The van der Waals surface area contributed by atoms with E-state index in [9.17, 15) is 20.0 Å². The predicted octanol–water partition coefficient (Wildman–Crippen LogP) is 3.38. The van der Waals surface area contributed by atoms with Gasteiger partial charge in [0.15, 0.2) is 0 Å². The summed E-state index contributed by atoms with van der Waals surface area (Å²) < 4.78 is 0. The molecule has 0 radical (unpaired) electrons. The second-order valence-corrected chi connectivity index (χ2v) is 6.62. The smallest absolute Gasteiger partial charge is 0.324 e. The molecule has 1 saturated heterocycles. The summed E-state index contributed by atoms with van der Waals surface area (Å²) in [6.07, 6.45) is 1.70. The molecule has 2 aromatic rings. The molecule has 1 amide bonds. The lowest BCUT2D eigenvalue weighted by atomic mass is 9.89. The SMILES string of the molecule is O=C(c1ccc([N+](=O)[O-])s1)N1CCC(c2ccc(O)cc2)CC1. The Bertz CT molecular complexity index is 718. The van der Waals surface area contributed by atoms with E-state index in [1.54, 1.807) is 17.0 Å². The minimum Gasteiger partial charge on any atom is -0.508 e. The van der Waals surface area contributed by atoms with Crippen LogP contribution in [0.4, 0.5) is 5.00 Å². The van der Waals surface area contributed by atoms with E-state index in [2.05, 4.69) is 0 Å². The number of benzene rings is 1. The largest absolute Gasteiger partial charge is 0.508 e. The van der Waals surface area contributed by atoms with Crippen LogP contribution in [0.15, 0.2) is 36.4 Å². The van der Waals surface area contributed by atoms with Crippen molar-refractivity contribution in [2.24, 2.45) is 0 Å². The average Bonchev–Trinajstić information content (AvgIpc) is 3.05. The molecule has 120 valence electrons. The first-order valence-electron chi connectivity index (χ1n) is 7.37. The van der Waals surface area contributed by atoms with E-state index in [0.717, 1.165) is 24.2 Å². The van der Waals surface area contributed by atoms with Crippen molar-refractivity contribution in [3.8, 4) is 5.75 Å². The van der Waals surface area contributed by atoms with Gasteiger partial charge in [-0.2, -0.15) is 0 Å². The average molecular weight is 332 g/mol. The number of aromatic hydroxyl groups is 1. The zero-order valence-electron chi connectivity index (χ0n) is 12.3. The number of carbonyl (C=O) groups excluding carboxylic acids is 1. The number of amides is 1. The minimum absolute atomic E-state index is 0.00710. The van der Waals surface area contributed by atoms with Gasteiger partial charge in [-0.05, 0) is 42.5 Å². The van der Waals surface area contributed by atoms with Gasteiger partial charge in [0.05, 0.1) is 9.80 Å². The quantitative estimate of drug-likeness (QED) is 0.690. The number of hydrogen-bond acceptors (Lipinski definition) is 5. The van der Waals surface area contributed by atoms with Crippen LogP contribution in [0.3, 0.4) is 0 Å². The normalized spacial score (nSPS) is 15.6. The molecule has 6 nitrogen and oxygen atoms in total. The van der Waals surface area contributed by atoms with E-state index < -0.39 is 4.92 Å². The number of likely N-dealkylation sites (tertiary alicyclic amines) is 1. The van der Waals surface area contributed by atoms with Gasteiger partial charge in [-0.15, -0.1) is 0 Å². The van der Waals surface area contributed by atoms with Crippen LogP contribution < -0.4 is 0 Å². The minimum atomic E-state index is -0.474. The third-order valence-electron chi connectivity index (χ3n) is 4.13. The molecule has 0 atom stereocenters. The molecule has 0 unspecified atom stereocenters. The number of thiophene rings is 1. The van der Waals surface area contributed by atoms with Crippen molar-refractivity contribution in [2.75, 3.05) is 13.1 Å². The first-order valence-corrected chi connectivity index (χ1v) is 8.18. The maximum atomic E-state index is 12.4. The predicted molar refractivity (Wildman–Crippen MR) is 87.0 cm³/mol. The molecule has 0 aliphatic carbocycles. The molecule has 0 saturated carbocycles. The molecule has 1 aromatic carbocycles. The lowest BCUT2D eigenvalue weighted by Crippen LogP contribution is -2.37. The lowest BCUT2D eigenvalue weighted by Gasteiger charge is -2.32. The molecule has 1 fully saturated rings. The second-order valence-electron chi connectivity index (χ2n) is 5.55. The fraction of sp³-hybridized carbons (Fsp3) is 0.312.